The molecule has 0 saturated carbocycles. The van der Waals surface area contributed by atoms with E-state index in [0.717, 1.165) is 33.3 Å². The van der Waals surface area contributed by atoms with Crippen molar-refractivity contribution in [1.82, 2.24) is 0 Å². The summed E-state index contributed by atoms with van der Waals surface area (Å²) in [5.41, 5.74) is 5.82. The van der Waals surface area contributed by atoms with E-state index in [2.05, 4.69) is 0 Å². The Balaban J connectivity index is 1.48. The van der Waals surface area contributed by atoms with Crippen LogP contribution in [-0.4, -0.2) is 25.2 Å². The van der Waals surface area contributed by atoms with E-state index in [4.69, 9.17) is 14.8 Å². The third-order valence-electron chi connectivity index (χ3n) is 6.16. The number of anilines is 1. The van der Waals surface area contributed by atoms with E-state index in [-0.39, 0.29) is 11.2 Å². The average molecular weight is 503 g/mol. The lowest BCUT2D eigenvalue weighted by Gasteiger charge is -2.13. The van der Waals surface area contributed by atoms with Crippen LogP contribution in [0.2, 0.25) is 0 Å². The van der Waals surface area contributed by atoms with Gasteiger partial charge in [0.1, 0.15) is 17.2 Å². The smallest absolute Gasteiger partial charge is 0.346 e. The second-order valence-corrected chi connectivity index (χ2v) is 8.98. The number of carbonyl (C=O) groups is 1. The molecule has 0 fully saturated rings. The number of rotatable bonds is 7. The molecule has 4 aromatic rings. The Labute approximate surface area is 220 Å². The Morgan fingerprint density at radius 1 is 0.868 bits per heavy atom. The maximum atomic E-state index is 12.7. The first-order chi connectivity index (χ1) is 18.2. The first kappa shape index (κ1) is 25.9. The standard InChI is InChI=1S/C32H26N2O4/c1-21-28-17-15-27(34(2)3)19-30(28)38-32(37)29(21)16-14-24-8-6-22(7-9-24)4-5-23-10-12-25(13-11-23)18-26(20-33)31(35)36/h4-19H,1-3H3,(H,35,36)/b5-4+,16-14+,26-18?. The van der Waals surface area contributed by atoms with Crippen molar-refractivity contribution in [3.05, 3.63) is 116 Å². The highest BCUT2D eigenvalue weighted by molar-refractivity contribution is 5.96. The lowest BCUT2D eigenvalue weighted by molar-refractivity contribution is -0.132. The van der Waals surface area contributed by atoms with Crippen LogP contribution in [0.25, 0.3) is 41.3 Å². The van der Waals surface area contributed by atoms with E-state index in [1.165, 1.54) is 6.08 Å². The molecule has 0 unspecified atom stereocenters. The van der Waals surface area contributed by atoms with E-state index in [0.29, 0.717) is 16.7 Å². The number of carboxylic acid groups (broad SMARTS) is 1. The van der Waals surface area contributed by atoms with Crippen molar-refractivity contribution < 1.29 is 14.3 Å². The number of aryl methyl sites for hydroxylation is 1. The monoisotopic (exact) mass is 502 g/mol. The van der Waals surface area contributed by atoms with Crippen molar-refractivity contribution >= 4 is 53.0 Å². The van der Waals surface area contributed by atoms with Gasteiger partial charge in [0.2, 0.25) is 0 Å². The number of hydrogen-bond acceptors (Lipinski definition) is 5. The number of aliphatic carboxylic acids is 1. The maximum Gasteiger partial charge on any atom is 0.346 e. The summed E-state index contributed by atoms with van der Waals surface area (Å²) in [4.78, 5) is 25.6. The summed E-state index contributed by atoms with van der Waals surface area (Å²) in [5.74, 6) is -1.25. The van der Waals surface area contributed by atoms with Gasteiger partial charge in [-0.3, -0.25) is 0 Å². The van der Waals surface area contributed by atoms with E-state index < -0.39 is 5.97 Å². The van der Waals surface area contributed by atoms with Gasteiger partial charge >= 0.3 is 11.6 Å². The molecule has 0 aliphatic carbocycles. The van der Waals surface area contributed by atoms with Crippen LogP contribution < -0.4 is 10.5 Å². The molecule has 0 aliphatic rings. The van der Waals surface area contributed by atoms with Crippen molar-refractivity contribution in [2.24, 2.45) is 0 Å². The average Bonchev–Trinajstić information content (AvgIpc) is 2.91. The summed E-state index contributed by atoms with van der Waals surface area (Å²) >= 11 is 0. The normalized spacial score (nSPS) is 11.8. The first-order valence-electron chi connectivity index (χ1n) is 11.9. The second-order valence-electron chi connectivity index (χ2n) is 8.98. The van der Waals surface area contributed by atoms with E-state index >= 15 is 0 Å². The lowest BCUT2D eigenvalue weighted by atomic mass is 10.0. The molecule has 1 aromatic heterocycles. The highest BCUT2D eigenvalue weighted by Crippen LogP contribution is 2.25. The fourth-order valence-corrected chi connectivity index (χ4v) is 3.93. The minimum absolute atomic E-state index is 0.308. The van der Waals surface area contributed by atoms with Crippen molar-refractivity contribution in [2.45, 2.75) is 6.92 Å². The van der Waals surface area contributed by atoms with E-state index in [9.17, 15) is 9.59 Å². The zero-order valence-corrected chi connectivity index (χ0v) is 21.3. The quantitative estimate of drug-likeness (QED) is 0.134. The molecule has 0 aliphatic heterocycles. The van der Waals surface area contributed by atoms with Crippen LogP contribution >= 0.6 is 0 Å². The maximum absolute atomic E-state index is 12.7. The Kier molecular flexibility index (Phi) is 7.69. The van der Waals surface area contributed by atoms with Gasteiger partial charge in [-0.2, -0.15) is 5.26 Å². The molecule has 6 heteroatoms. The third kappa shape index (κ3) is 5.97. The summed E-state index contributed by atoms with van der Waals surface area (Å²) in [5, 5.41) is 18.8. The van der Waals surface area contributed by atoms with Crippen LogP contribution in [0.15, 0.2) is 81.5 Å². The summed E-state index contributed by atoms with van der Waals surface area (Å²) in [6.07, 6.45) is 8.95. The van der Waals surface area contributed by atoms with Crippen molar-refractivity contribution in [2.75, 3.05) is 19.0 Å². The van der Waals surface area contributed by atoms with Crippen LogP contribution in [-0.2, 0) is 4.79 Å². The van der Waals surface area contributed by atoms with Gasteiger partial charge < -0.3 is 14.4 Å². The van der Waals surface area contributed by atoms with Crippen molar-refractivity contribution in [3.63, 3.8) is 0 Å². The molecule has 0 bridgehead atoms. The van der Waals surface area contributed by atoms with Gasteiger partial charge in [-0.1, -0.05) is 66.8 Å². The predicted molar refractivity (Wildman–Crippen MR) is 154 cm³/mol. The second kappa shape index (κ2) is 11.3. The van der Waals surface area contributed by atoms with Crippen molar-refractivity contribution in [3.8, 4) is 6.07 Å². The van der Waals surface area contributed by atoms with Gasteiger partial charge in [0.25, 0.3) is 0 Å². The fraction of sp³-hybridized carbons (Fsp3) is 0.0938. The summed E-state index contributed by atoms with van der Waals surface area (Å²) in [6, 6.07) is 22.7. The molecule has 0 saturated heterocycles. The lowest BCUT2D eigenvalue weighted by Crippen LogP contribution is -2.09. The number of nitrogens with zero attached hydrogens (tertiary/aromatic N) is 2. The Hall–Kier alpha value is -5.15. The molecule has 0 atom stereocenters. The van der Waals surface area contributed by atoms with Gasteiger partial charge in [0, 0.05) is 31.2 Å². The van der Waals surface area contributed by atoms with E-state index in [1.54, 1.807) is 24.3 Å². The molecule has 188 valence electrons. The number of carboxylic acids is 1. The first-order valence-corrected chi connectivity index (χ1v) is 11.9. The summed E-state index contributed by atoms with van der Waals surface area (Å²) in [7, 11) is 3.89. The Morgan fingerprint density at radius 3 is 1.89 bits per heavy atom. The fourth-order valence-electron chi connectivity index (χ4n) is 3.93. The minimum atomic E-state index is -1.25. The summed E-state index contributed by atoms with van der Waals surface area (Å²) in [6.45, 7) is 1.93. The molecule has 6 nitrogen and oxygen atoms in total. The van der Waals surface area contributed by atoms with Crippen LogP contribution in [0, 0.1) is 18.3 Å². The Bertz CT molecular complexity index is 1680. The van der Waals surface area contributed by atoms with Crippen LogP contribution in [0.5, 0.6) is 0 Å². The topological polar surface area (TPSA) is 94.5 Å². The zero-order valence-electron chi connectivity index (χ0n) is 21.3. The molecule has 0 radical (unpaired) electrons. The van der Waals surface area contributed by atoms with Crippen LogP contribution in [0.4, 0.5) is 5.69 Å². The predicted octanol–water partition coefficient (Wildman–Crippen LogP) is 6.50. The van der Waals surface area contributed by atoms with Gasteiger partial charge in [-0.15, -0.1) is 0 Å². The van der Waals surface area contributed by atoms with Gasteiger partial charge in [0.05, 0.1) is 5.56 Å². The highest BCUT2D eigenvalue weighted by Gasteiger charge is 2.10. The molecule has 0 spiro atoms. The SMILES string of the molecule is Cc1c(/C=C/c2ccc(/C=C/c3ccc(C=C(C#N)C(=O)O)cc3)cc2)c(=O)oc2cc(N(C)C)ccc12. The van der Waals surface area contributed by atoms with Gasteiger partial charge in [-0.25, -0.2) is 9.59 Å². The molecule has 38 heavy (non-hydrogen) atoms. The van der Waals surface area contributed by atoms with Gasteiger partial charge in [-0.05, 0) is 59.0 Å². The third-order valence-corrected chi connectivity index (χ3v) is 6.16. The Morgan fingerprint density at radius 2 is 1.39 bits per heavy atom. The van der Waals surface area contributed by atoms with Gasteiger partial charge in [0.15, 0.2) is 0 Å². The largest absolute Gasteiger partial charge is 0.477 e. The van der Waals surface area contributed by atoms with E-state index in [1.807, 2.05) is 98.7 Å². The van der Waals surface area contributed by atoms with Crippen LogP contribution in [0.3, 0.4) is 0 Å². The number of hydrogen-bond donors (Lipinski definition) is 1. The molecule has 3 aromatic carbocycles. The van der Waals surface area contributed by atoms with Crippen molar-refractivity contribution in [1.29, 1.82) is 5.26 Å². The molecular weight excluding hydrogens is 476 g/mol. The highest BCUT2D eigenvalue weighted by atomic mass is 16.4. The summed E-state index contributed by atoms with van der Waals surface area (Å²) < 4.78 is 5.60. The molecular formula is C32H26N2O4. The molecule has 1 heterocycles. The zero-order chi connectivity index (χ0) is 27.2. The number of nitriles is 1. The number of fused-ring (bicyclic) bond motifs is 1. The van der Waals surface area contributed by atoms with Crippen LogP contribution in [0.1, 0.15) is 33.4 Å². The molecule has 1 N–H and O–H groups in total. The molecule has 4 rings (SSSR count). The number of benzene rings is 3. The molecule has 0 amide bonds. The minimum Gasteiger partial charge on any atom is -0.477 e.